The molecule has 1 aromatic rings. The topological polar surface area (TPSA) is 29.9 Å². The highest BCUT2D eigenvalue weighted by molar-refractivity contribution is 5.05. The second-order valence-corrected chi connectivity index (χ2v) is 5.26. The number of aromatic nitrogens is 2. The van der Waals surface area contributed by atoms with Gasteiger partial charge in [0.15, 0.2) is 0 Å². The van der Waals surface area contributed by atoms with Gasteiger partial charge in [-0.05, 0) is 25.3 Å². The molecule has 2 atom stereocenters. The summed E-state index contributed by atoms with van der Waals surface area (Å²) < 4.78 is 2.18. The van der Waals surface area contributed by atoms with Crippen molar-refractivity contribution in [2.24, 2.45) is 13.0 Å². The molecule has 90 valence electrons. The van der Waals surface area contributed by atoms with Gasteiger partial charge in [0.2, 0.25) is 0 Å². The maximum atomic E-state index is 4.51. The van der Waals surface area contributed by atoms with E-state index < -0.39 is 0 Å². The predicted octanol–water partition coefficient (Wildman–Crippen LogP) is 2.30. The van der Waals surface area contributed by atoms with Crippen LogP contribution in [-0.4, -0.2) is 22.1 Å². The van der Waals surface area contributed by atoms with Crippen molar-refractivity contribution in [1.29, 1.82) is 0 Å². The number of imidazole rings is 1. The summed E-state index contributed by atoms with van der Waals surface area (Å²) in [5.41, 5.74) is 0. The van der Waals surface area contributed by atoms with Crippen molar-refractivity contribution in [3.63, 3.8) is 0 Å². The Morgan fingerprint density at radius 1 is 1.50 bits per heavy atom. The zero-order valence-corrected chi connectivity index (χ0v) is 10.6. The van der Waals surface area contributed by atoms with Gasteiger partial charge in [-0.25, -0.2) is 4.98 Å². The normalized spacial score (nSPS) is 25.5. The van der Waals surface area contributed by atoms with Crippen molar-refractivity contribution in [1.82, 2.24) is 14.9 Å². The van der Waals surface area contributed by atoms with Crippen LogP contribution in [-0.2, 0) is 7.05 Å². The quantitative estimate of drug-likeness (QED) is 0.845. The lowest BCUT2D eigenvalue weighted by Crippen LogP contribution is -2.30. The molecule has 16 heavy (non-hydrogen) atoms. The van der Waals surface area contributed by atoms with Crippen LogP contribution in [0.1, 0.15) is 44.9 Å². The van der Waals surface area contributed by atoms with Crippen molar-refractivity contribution in [2.75, 3.05) is 6.54 Å². The summed E-state index contributed by atoms with van der Waals surface area (Å²) in [6.45, 7) is 5.56. The second kappa shape index (κ2) is 5.00. The minimum absolute atomic E-state index is 0.586. The Morgan fingerprint density at radius 3 is 2.94 bits per heavy atom. The lowest BCUT2D eigenvalue weighted by atomic mass is 9.95. The number of nitrogens with one attached hydrogen (secondary N) is 1. The molecule has 3 nitrogen and oxygen atoms in total. The predicted molar refractivity (Wildman–Crippen MR) is 66.4 cm³/mol. The Hall–Kier alpha value is -0.830. The highest BCUT2D eigenvalue weighted by atomic mass is 15.0. The van der Waals surface area contributed by atoms with E-state index in [-0.39, 0.29) is 0 Å². The van der Waals surface area contributed by atoms with Crippen LogP contribution in [0.3, 0.4) is 0 Å². The number of hydrogen-bond acceptors (Lipinski definition) is 2. The molecular weight excluding hydrogens is 198 g/mol. The molecule has 1 aliphatic carbocycles. The maximum Gasteiger partial charge on any atom is 0.111 e. The Labute approximate surface area is 98.3 Å². The molecule has 0 amide bonds. The van der Waals surface area contributed by atoms with E-state index in [1.54, 1.807) is 0 Å². The first kappa shape index (κ1) is 11.6. The average molecular weight is 221 g/mol. The Kier molecular flexibility index (Phi) is 3.64. The highest BCUT2D eigenvalue weighted by Gasteiger charge is 2.30. The van der Waals surface area contributed by atoms with E-state index in [1.807, 2.05) is 6.20 Å². The minimum Gasteiger partial charge on any atom is -0.338 e. The van der Waals surface area contributed by atoms with Crippen LogP contribution in [0.25, 0.3) is 0 Å². The summed E-state index contributed by atoms with van der Waals surface area (Å²) in [5.74, 6) is 2.70. The van der Waals surface area contributed by atoms with Gasteiger partial charge in [-0.15, -0.1) is 0 Å². The van der Waals surface area contributed by atoms with Crippen LogP contribution < -0.4 is 5.32 Å². The Bertz CT molecular complexity index is 330. The summed E-state index contributed by atoms with van der Waals surface area (Å²) >= 11 is 0. The van der Waals surface area contributed by atoms with E-state index in [2.05, 4.69) is 42.0 Å². The number of hydrogen-bond donors (Lipinski definition) is 1. The first-order valence-electron chi connectivity index (χ1n) is 6.39. The fourth-order valence-corrected chi connectivity index (χ4v) is 2.74. The van der Waals surface area contributed by atoms with Crippen LogP contribution >= 0.6 is 0 Å². The smallest absolute Gasteiger partial charge is 0.111 e. The van der Waals surface area contributed by atoms with Crippen molar-refractivity contribution < 1.29 is 0 Å². The Balaban J connectivity index is 2.01. The third-order valence-corrected chi connectivity index (χ3v) is 3.64. The molecule has 0 bridgehead atoms. The minimum atomic E-state index is 0.586. The van der Waals surface area contributed by atoms with E-state index >= 15 is 0 Å². The van der Waals surface area contributed by atoms with E-state index in [9.17, 15) is 0 Å². The lowest BCUT2D eigenvalue weighted by Gasteiger charge is -2.21. The molecule has 0 radical (unpaired) electrons. The van der Waals surface area contributed by atoms with E-state index in [1.165, 1.54) is 25.1 Å². The molecular formula is C13H23N3. The average Bonchev–Trinajstić information content (AvgIpc) is 2.82. The molecule has 1 N–H and O–H groups in total. The third kappa shape index (κ3) is 2.46. The number of rotatable bonds is 4. The van der Waals surface area contributed by atoms with Gasteiger partial charge in [0, 0.05) is 31.4 Å². The van der Waals surface area contributed by atoms with Gasteiger partial charge in [-0.3, -0.25) is 0 Å². The summed E-state index contributed by atoms with van der Waals surface area (Å²) in [4.78, 5) is 4.51. The fraction of sp³-hybridized carbons (Fsp3) is 0.769. The molecule has 3 heteroatoms. The monoisotopic (exact) mass is 221 g/mol. The number of aryl methyl sites for hydroxylation is 1. The zero-order chi connectivity index (χ0) is 11.5. The van der Waals surface area contributed by atoms with Gasteiger partial charge in [-0.1, -0.05) is 20.3 Å². The van der Waals surface area contributed by atoms with E-state index in [4.69, 9.17) is 0 Å². The van der Waals surface area contributed by atoms with Crippen LogP contribution in [0.2, 0.25) is 0 Å². The standard InChI is InChI=1S/C13H23N3/c1-10(2)15-9-11-5-4-6-12(11)13-14-7-8-16(13)3/h7-8,10-12,15H,4-6,9H2,1-3H3. The molecule has 1 fully saturated rings. The zero-order valence-electron chi connectivity index (χ0n) is 10.6. The second-order valence-electron chi connectivity index (χ2n) is 5.26. The SMILES string of the molecule is CC(C)NCC1CCCC1c1nccn1C. The summed E-state index contributed by atoms with van der Waals surface area (Å²) in [5, 5.41) is 3.56. The first-order chi connectivity index (χ1) is 7.68. The fourth-order valence-electron chi connectivity index (χ4n) is 2.74. The largest absolute Gasteiger partial charge is 0.338 e. The van der Waals surface area contributed by atoms with Gasteiger partial charge in [0.25, 0.3) is 0 Å². The van der Waals surface area contributed by atoms with Gasteiger partial charge in [0.05, 0.1) is 0 Å². The molecule has 1 saturated carbocycles. The molecule has 2 unspecified atom stereocenters. The molecule has 0 spiro atoms. The van der Waals surface area contributed by atoms with Crippen LogP contribution in [0, 0.1) is 5.92 Å². The molecule has 1 heterocycles. The molecule has 0 saturated heterocycles. The number of nitrogens with zero attached hydrogens (tertiary/aromatic N) is 2. The maximum absolute atomic E-state index is 4.51. The summed E-state index contributed by atoms with van der Waals surface area (Å²) in [6, 6.07) is 0.586. The van der Waals surface area contributed by atoms with Gasteiger partial charge >= 0.3 is 0 Å². The van der Waals surface area contributed by atoms with Crippen LogP contribution in [0.5, 0.6) is 0 Å². The van der Waals surface area contributed by atoms with Crippen molar-refractivity contribution in [3.8, 4) is 0 Å². The first-order valence-corrected chi connectivity index (χ1v) is 6.39. The van der Waals surface area contributed by atoms with Crippen LogP contribution in [0.4, 0.5) is 0 Å². The van der Waals surface area contributed by atoms with Crippen LogP contribution in [0.15, 0.2) is 12.4 Å². The third-order valence-electron chi connectivity index (χ3n) is 3.64. The van der Waals surface area contributed by atoms with Gasteiger partial charge in [-0.2, -0.15) is 0 Å². The Morgan fingerprint density at radius 2 is 2.31 bits per heavy atom. The summed E-state index contributed by atoms with van der Waals surface area (Å²) in [7, 11) is 2.10. The van der Waals surface area contributed by atoms with Gasteiger partial charge < -0.3 is 9.88 Å². The van der Waals surface area contributed by atoms with E-state index in [0.29, 0.717) is 12.0 Å². The summed E-state index contributed by atoms with van der Waals surface area (Å²) in [6.07, 6.45) is 7.97. The van der Waals surface area contributed by atoms with Crippen molar-refractivity contribution in [3.05, 3.63) is 18.2 Å². The van der Waals surface area contributed by atoms with Crippen molar-refractivity contribution in [2.45, 2.75) is 45.1 Å². The highest BCUT2D eigenvalue weighted by Crippen LogP contribution is 2.38. The lowest BCUT2D eigenvalue weighted by molar-refractivity contribution is 0.407. The molecule has 1 aliphatic rings. The van der Waals surface area contributed by atoms with E-state index in [0.717, 1.165) is 12.5 Å². The molecule has 2 rings (SSSR count). The van der Waals surface area contributed by atoms with Crippen molar-refractivity contribution >= 4 is 0 Å². The van der Waals surface area contributed by atoms with Gasteiger partial charge in [0.1, 0.15) is 5.82 Å². The molecule has 0 aliphatic heterocycles. The molecule has 0 aromatic carbocycles. The molecule has 1 aromatic heterocycles.